The average molecular weight is 426 g/mol. The number of hydrogen-bond donors (Lipinski definition) is 2. The highest BCUT2D eigenvalue weighted by Crippen LogP contribution is 2.08. The van der Waals surface area contributed by atoms with E-state index in [4.69, 9.17) is 4.74 Å². The maximum Gasteiger partial charge on any atom is 0.224 e. The van der Waals surface area contributed by atoms with Crippen LogP contribution in [-0.4, -0.2) is 62.7 Å². The highest BCUT2D eigenvalue weighted by atomic mass is 127. The number of aliphatic imine (C=N–C) groups is 1. The van der Waals surface area contributed by atoms with Crippen LogP contribution in [0.25, 0.3) is 0 Å². The molecule has 7 heteroatoms. The van der Waals surface area contributed by atoms with Gasteiger partial charge in [0.25, 0.3) is 0 Å². The first kappa shape index (κ1) is 21.4. The van der Waals surface area contributed by atoms with Crippen molar-refractivity contribution in [2.24, 2.45) is 4.99 Å². The third kappa shape index (κ3) is 9.45. The molecule has 130 valence electrons. The first-order valence-corrected chi connectivity index (χ1v) is 8.15. The Hall–Kier alpha value is -0.570. The molecule has 1 amide bonds. The van der Waals surface area contributed by atoms with E-state index in [0.717, 1.165) is 64.6 Å². The topological polar surface area (TPSA) is 66.0 Å². The van der Waals surface area contributed by atoms with Crippen LogP contribution in [0.2, 0.25) is 0 Å². The zero-order valence-corrected chi connectivity index (χ0v) is 16.2. The van der Waals surface area contributed by atoms with Crippen molar-refractivity contribution in [3.8, 4) is 0 Å². The molecule has 0 bridgehead atoms. The summed E-state index contributed by atoms with van der Waals surface area (Å²) in [6.45, 7) is 9.54. The lowest BCUT2D eigenvalue weighted by molar-refractivity contribution is -0.129. The summed E-state index contributed by atoms with van der Waals surface area (Å²) in [6, 6.07) is 0. The summed E-state index contributed by atoms with van der Waals surface area (Å²) in [5.41, 5.74) is 0. The Morgan fingerprint density at radius 1 is 1.23 bits per heavy atom. The van der Waals surface area contributed by atoms with E-state index in [1.807, 2.05) is 18.7 Å². The van der Waals surface area contributed by atoms with Gasteiger partial charge in [-0.2, -0.15) is 0 Å². The molecule has 1 fully saturated rings. The fourth-order valence-electron chi connectivity index (χ4n) is 2.26. The predicted octanol–water partition coefficient (Wildman–Crippen LogP) is 1.60. The number of amides is 1. The molecule has 1 aliphatic rings. The number of halogens is 1. The van der Waals surface area contributed by atoms with E-state index in [1.54, 1.807) is 0 Å². The van der Waals surface area contributed by atoms with Crippen LogP contribution in [0.4, 0.5) is 0 Å². The molecule has 1 heterocycles. The molecule has 0 atom stereocenters. The van der Waals surface area contributed by atoms with Crippen LogP contribution in [0.5, 0.6) is 0 Å². The lowest BCUT2D eigenvalue weighted by atomic mass is 10.3. The fraction of sp³-hybridized carbons (Fsp3) is 0.867. The molecule has 0 aromatic carbocycles. The van der Waals surface area contributed by atoms with Gasteiger partial charge in [0.05, 0.1) is 0 Å². The van der Waals surface area contributed by atoms with Crippen LogP contribution in [0.15, 0.2) is 4.99 Å². The van der Waals surface area contributed by atoms with Crippen LogP contribution < -0.4 is 10.6 Å². The molecule has 0 radical (unpaired) electrons. The van der Waals surface area contributed by atoms with Gasteiger partial charge in [-0.1, -0.05) is 0 Å². The monoisotopic (exact) mass is 426 g/mol. The van der Waals surface area contributed by atoms with E-state index in [1.165, 1.54) is 0 Å². The van der Waals surface area contributed by atoms with Crippen molar-refractivity contribution in [3.05, 3.63) is 0 Å². The largest absolute Gasteiger partial charge is 0.382 e. The SMILES string of the molecule is CCNC(=NCCCOCC)NCCC(=O)N1CCCC1.I. The highest BCUT2D eigenvalue weighted by Gasteiger charge is 2.17. The van der Waals surface area contributed by atoms with Gasteiger partial charge in [-0.15, -0.1) is 24.0 Å². The van der Waals surface area contributed by atoms with Gasteiger partial charge in [-0.05, 0) is 33.1 Å². The average Bonchev–Trinajstić information content (AvgIpc) is 3.01. The number of carbonyl (C=O) groups is 1. The second-order valence-electron chi connectivity index (χ2n) is 5.08. The molecular weight excluding hydrogens is 395 g/mol. The number of ether oxygens (including phenoxy) is 1. The Bertz CT molecular complexity index is 321. The maximum atomic E-state index is 11.9. The zero-order chi connectivity index (χ0) is 15.3. The van der Waals surface area contributed by atoms with Gasteiger partial charge in [-0.3, -0.25) is 9.79 Å². The predicted molar refractivity (Wildman–Crippen MR) is 101 cm³/mol. The Kier molecular flexibility index (Phi) is 13.7. The fourth-order valence-corrected chi connectivity index (χ4v) is 2.26. The van der Waals surface area contributed by atoms with Crippen molar-refractivity contribution in [3.63, 3.8) is 0 Å². The molecule has 0 aromatic heterocycles. The van der Waals surface area contributed by atoms with Crippen LogP contribution >= 0.6 is 24.0 Å². The molecule has 1 rings (SSSR count). The lowest BCUT2D eigenvalue weighted by Crippen LogP contribution is -2.39. The summed E-state index contributed by atoms with van der Waals surface area (Å²) in [6.07, 6.45) is 3.73. The first-order valence-electron chi connectivity index (χ1n) is 8.15. The maximum absolute atomic E-state index is 11.9. The highest BCUT2D eigenvalue weighted by molar-refractivity contribution is 14.0. The lowest BCUT2D eigenvalue weighted by Gasteiger charge is -2.16. The standard InChI is InChI=1S/C15H30N4O2.HI/c1-3-16-15(17-9-7-13-21-4-2)18-10-8-14(20)19-11-5-6-12-19;/h3-13H2,1-2H3,(H2,16,17,18);1H. The number of likely N-dealkylation sites (tertiary alicyclic amines) is 1. The number of hydrogen-bond acceptors (Lipinski definition) is 3. The number of rotatable bonds is 9. The second-order valence-corrected chi connectivity index (χ2v) is 5.08. The van der Waals surface area contributed by atoms with Crippen molar-refractivity contribution in [2.45, 2.75) is 39.5 Å². The van der Waals surface area contributed by atoms with Crippen LogP contribution in [0, 0.1) is 0 Å². The number of carbonyl (C=O) groups excluding carboxylic acids is 1. The molecule has 0 unspecified atom stereocenters. The quantitative estimate of drug-likeness (QED) is 0.255. The van der Waals surface area contributed by atoms with Crippen LogP contribution in [0.3, 0.4) is 0 Å². The smallest absolute Gasteiger partial charge is 0.224 e. The van der Waals surface area contributed by atoms with Gasteiger partial charge in [0.15, 0.2) is 5.96 Å². The molecule has 0 aliphatic carbocycles. The van der Waals surface area contributed by atoms with Crippen LogP contribution in [0.1, 0.15) is 39.5 Å². The van der Waals surface area contributed by atoms with Crippen molar-refractivity contribution in [2.75, 3.05) is 45.9 Å². The molecule has 0 saturated carbocycles. The number of guanidine groups is 1. The van der Waals surface area contributed by atoms with Gasteiger partial charge in [0, 0.05) is 52.4 Å². The molecule has 6 nitrogen and oxygen atoms in total. The van der Waals surface area contributed by atoms with E-state index >= 15 is 0 Å². The minimum Gasteiger partial charge on any atom is -0.382 e. The third-order valence-electron chi connectivity index (χ3n) is 3.36. The summed E-state index contributed by atoms with van der Waals surface area (Å²) in [7, 11) is 0. The minimum absolute atomic E-state index is 0. The third-order valence-corrected chi connectivity index (χ3v) is 3.36. The molecule has 1 aliphatic heterocycles. The van der Waals surface area contributed by atoms with Crippen molar-refractivity contribution >= 4 is 35.8 Å². The molecule has 0 spiro atoms. The van der Waals surface area contributed by atoms with E-state index < -0.39 is 0 Å². The van der Waals surface area contributed by atoms with Gasteiger partial charge >= 0.3 is 0 Å². The molecule has 1 saturated heterocycles. The number of nitrogens with one attached hydrogen (secondary N) is 2. The summed E-state index contributed by atoms with van der Waals surface area (Å²) in [5, 5.41) is 6.41. The van der Waals surface area contributed by atoms with E-state index in [2.05, 4.69) is 15.6 Å². The summed E-state index contributed by atoms with van der Waals surface area (Å²) in [4.78, 5) is 18.3. The minimum atomic E-state index is 0. The van der Waals surface area contributed by atoms with Crippen LogP contribution in [-0.2, 0) is 9.53 Å². The summed E-state index contributed by atoms with van der Waals surface area (Å²) < 4.78 is 5.28. The van der Waals surface area contributed by atoms with Gasteiger partial charge in [0.1, 0.15) is 0 Å². The zero-order valence-electron chi connectivity index (χ0n) is 13.9. The Morgan fingerprint density at radius 3 is 2.59 bits per heavy atom. The van der Waals surface area contributed by atoms with Crippen molar-refractivity contribution in [1.29, 1.82) is 0 Å². The molecular formula is C15H31IN4O2. The van der Waals surface area contributed by atoms with Gasteiger partial charge in [0.2, 0.25) is 5.91 Å². The van der Waals surface area contributed by atoms with Gasteiger partial charge < -0.3 is 20.3 Å². The van der Waals surface area contributed by atoms with Crippen molar-refractivity contribution < 1.29 is 9.53 Å². The normalized spacial score (nSPS) is 14.6. The molecule has 0 aromatic rings. The summed E-state index contributed by atoms with van der Waals surface area (Å²) >= 11 is 0. The number of nitrogens with zero attached hydrogens (tertiary/aromatic N) is 2. The van der Waals surface area contributed by atoms with E-state index in [9.17, 15) is 4.79 Å². The van der Waals surface area contributed by atoms with Crippen molar-refractivity contribution in [1.82, 2.24) is 15.5 Å². The molecule has 2 N–H and O–H groups in total. The van der Waals surface area contributed by atoms with E-state index in [-0.39, 0.29) is 29.9 Å². The first-order chi connectivity index (χ1) is 10.3. The summed E-state index contributed by atoms with van der Waals surface area (Å²) in [5.74, 6) is 1.02. The van der Waals surface area contributed by atoms with E-state index in [0.29, 0.717) is 13.0 Å². The van der Waals surface area contributed by atoms with Gasteiger partial charge in [-0.25, -0.2) is 0 Å². The molecule has 22 heavy (non-hydrogen) atoms. The Morgan fingerprint density at radius 2 is 1.95 bits per heavy atom. The Balaban J connectivity index is 0.00000441. The Labute approximate surface area is 151 Å². The second kappa shape index (κ2) is 14.0.